The van der Waals surface area contributed by atoms with Crippen LogP contribution in [0.15, 0.2) is 41.1 Å². The maximum atomic E-state index is 5.78. The van der Waals surface area contributed by atoms with Crippen LogP contribution in [0.1, 0.15) is 24.1 Å². The minimum absolute atomic E-state index is 0.0749. The molecule has 84 valence electrons. The Labute approximate surface area is 99.7 Å². The molecule has 0 fully saturated rings. The molecule has 2 N–H and O–H groups in total. The van der Waals surface area contributed by atoms with Crippen LogP contribution in [0.3, 0.4) is 0 Å². The summed E-state index contributed by atoms with van der Waals surface area (Å²) in [5.74, 6) is 0.885. The van der Waals surface area contributed by atoms with Gasteiger partial charge in [-0.3, -0.25) is 0 Å². The summed E-state index contributed by atoms with van der Waals surface area (Å²) in [6.45, 7) is 2.60. The molecule has 2 nitrogen and oxygen atoms in total. The van der Waals surface area contributed by atoms with Gasteiger partial charge < -0.3 is 10.5 Å². The second-order valence-electron chi connectivity index (χ2n) is 3.78. The molecular weight excluding hydrogens is 218 g/mol. The second-order valence-corrected chi connectivity index (χ2v) is 4.56. The Bertz CT molecular complexity index is 420. The predicted molar refractivity (Wildman–Crippen MR) is 67.7 cm³/mol. The number of ether oxygens (including phenoxy) is 1. The summed E-state index contributed by atoms with van der Waals surface area (Å²) in [7, 11) is 0. The molecule has 0 saturated carbocycles. The summed E-state index contributed by atoms with van der Waals surface area (Å²) >= 11 is 1.68. The van der Waals surface area contributed by atoms with Crippen LogP contribution >= 0.6 is 11.3 Å². The Hall–Kier alpha value is -1.32. The van der Waals surface area contributed by atoms with Gasteiger partial charge in [-0.2, -0.15) is 11.3 Å². The van der Waals surface area contributed by atoms with Gasteiger partial charge >= 0.3 is 0 Å². The average molecular weight is 233 g/mol. The van der Waals surface area contributed by atoms with Crippen molar-refractivity contribution in [3.63, 3.8) is 0 Å². The highest BCUT2D eigenvalue weighted by molar-refractivity contribution is 7.07. The number of benzene rings is 1. The topological polar surface area (TPSA) is 35.2 Å². The standard InChI is InChI=1S/C13H15NOS/c1-10(14)12-2-4-13(5-3-12)15-8-11-6-7-16-9-11/h2-7,9-10H,8,14H2,1H3/t10-/m0/s1. The van der Waals surface area contributed by atoms with E-state index in [-0.39, 0.29) is 6.04 Å². The first-order valence-electron chi connectivity index (χ1n) is 5.25. The molecular formula is C13H15NOS. The van der Waals surface area contributed by atoms with Crippen molar-refractivity contribution in [1.82, 2.24) is 0 Å². The van der Waals surface area contributed by atoms with Crippen LogP contribution in [0.25, 0.3) is 0 Å². The summed E-state index contributed by atoms with van der Waals surface area (Å²) in [6, 6.07) is 10.1. The molecule has 1 atom stereocenters. The molecule has 1 heterocycles. The van der Waals surface area contributed by atoms with Crippen LogP contribution in [-0.4, -0.2) is 0 Å². The van der Waals surface area contributed by atoms with Gasteiger partial charge in [-0.05, 0) is 47.0 Å². The van der Waals surface area contributed by atoms with Crippen molar-refractivity contribution < 1.29 is 4.74 Å². The second kappa shape index (κ2) is 5.14. The normalized spacial score (nSPS) is 12.4. The van der Waals surface area contributed by atoms with Gasteiger partial charge in [0.1, 0.15) is 12.4 Å². The highest BCUT2D eigenvalue weighted by atomic mass is 32.1. The highest BCUT2D eigenvalue weighted by Crippen LogP contribution is 2.17. The van der Waals surface area contributed by atoms with Gasteiger partial charge in [-0.25, -0.2) is 0 Å². The number of nitrogens with two attached hydrogens (primary N) is 1. The fourth-order valence-electron chi connectivity index (χ4n) is 1.41. The minimum atomic E-state index is 0.0749. The van der Waals surface area contributed by atoms with Gasteiger partial charge in [0.05, 0.1) is 0 Å². The van der Waals surface area contributed by atoms with Crippen molar-refractivity contribution >= 4 is 11.3 Å². The molecule has 0 bridgehead atoms. The minimum Gasteiger partial charge on any atom is -0.489 e. The summed E-state index contributed by atoms with van der Waals surface area (Å²) < 4.78 is 5.65. The smallest absolute Gasteiger partial charge is 0.119 e. The highest BCUT2D eigenvalue weighted by Gasteiger charge is 2.00. The van der Waals surface area contributed by atoms with E-state index in [9.17, 15) is 0 Å². The fraction of sp³-hybridized carbons (Fsp3) is 0.231. The Kier molecular flexibility index (Phi) is 3.59. The molecule has 1 aromatic carbocycles. The third-order valence-corrected chi connectivity index (χ3v) is 3.12. The van der Waals surface area contributed by atoms with Gasteiger partial charge in [0, 0.05) is 6.04 Å². The Balaban J connectivity index is 1.95. The zero-order valence-corrected chi connectivity index (χ0v) is 10.0. The summed E-state index contributed by atoms with van der Waals surface area (Å²) in [5, 5.41) is 4.15. The maximum absolute atomic E-state index is 5.78. The number of rotatable bonds is 4. The van der Waals surface area contributed by atoms with Gasteiger partial charge in [-0.1, -0.05) is 12.1 Å². The molecule has 2 aromatic rings. The average Bonchev–Trinajstić information content (AvgIpc) is 2.80. The van der Waals surface area contributed by atoms with Gasteiger partial charge in [-0.15, -0.1) is 0 Å². The lowest BCUT2D eigenvalue weighted by Crippen LogP contribution is -2.04. The lowest BCUT2D eigenvalue weighted by atomic mass is 10.1. The van der Waals surface area contributed by atoms with E-state index in [0.29, 0.717) is 6.61 Å². The Morgan fingerprint density at radius 2 is 2.00 bits per heavy atom. The van der Waals surface area contributed by atoms with Crippen LogP contribution in [0.5, 0.6) is 5.75 Å². The Morgan fingerprint density at radius 1 is 1.25 bits per heavy atom. The zero-order chi connectivity index (χ0) is 11.4. The monoisotopic (exact) mass is 233 g/mol. The lowest BCUT2D eigenvalue weighted by molar-refractivity contribution is 0.306. The zero-order valence-electron chi connectivity index (χ0n) is 9.22. The lowest BCUT2D eigenvalue weighted by Gasteiger charge is -2.08. The first-order valence-corrected chi connectivity index (χ1v) is 6.19. The largest absolute Gasteiger partial charge is 0.489 e. The molecule has 0 saturated heterocycles. The van der Waals surface area contributed by atoms with E-state index in [2.05, 4.69) is 16.8 Å². The third-order valence-electron chi connectivity index (χ3n) is 2.39. The SMILES string of the molecule is C[C@H](N)c1ccc(OCc2ccsc2)cc1. The van der Waals surface area contributed by atoms with Crippen LogP contribution < -0.4 is 10.5 Å². The molecule has 0 aliphatic heterocycles. The van der Waals surface area contributed by atoms with Crippen molar-refractivity contribution in [2.24, 2.45) is 5.73 Å². The van der Waals surface area contributed by atoms with E-state index < -0.39 is 0 Å². The van der Waals surface area contributed by atoms with E-state index in [4.69, 9.17) is 10.5 Å². The molecule has 3 heteroatoms. The number of hydrogen-bond donors (Lipinski definition) is 1. The fourth-order valence-corrected chi connectivity index (χ4v) is 2.06. The third kappa shape index (κ3) is 2.84. The predicted octanol–water partition coefficient (Wildman–Crippen LogP) is 3.35. The van der Waals surface area contributed by atoms with Gasteiger partial charge in [0.25, 0.3) is 0 Å². The molecule has 0 aliphatic rings. The van der Waals surface area contributed by atoms with Crippen molar-refractivity contribution in [2.75, 3.05) is 0 Å². The first-order chi connectivity index (χ1) is 7.75. The van der Waals surface area contributed by atoms with Gasteiger partial charge in [0.2, 0.25) is 0 Å². The summed E-state index contributed by atoms with van der Waals surface area (Å²) in [5.41, 5.74) is 8.11. The van der Waals surface area contributed by atoms with Gasteiger partial charge in [0.15, 0.2) is 0 Å². The summed E-state index contributed by atoms with van der Waals surface area (Å²) in [4.78, 5) is 0. The van der Waals surface area contributed by atoms with Crippen LogP contribution in [0, 0.1) is 0 Å². The van der Waals surface area contributed by atoms with Crippen LogP contribution in [-0.2, 0) is 6.61 Å². The first kappa shape index (κ1) is 11.2. The molecule has 0 spiro atoms. The van der Waals surface area contributed by atoms with Crippen molar-refractivity contribution in [2.45, 2.75) is 19.6 Å². The Morgan fingerprint density at radius 3 is 2.56 bits per heavy atom. The maximum Gasteiger partial charge on any atom is 0.119 e. The summed E-state index contributed by atoms with van der Waals surface area (Å²) in [6.07, 6.45) is 0. The quantitative estimate of drug-likeness (QED) is 0.879. The van der Waals surface area contributed by atoms with Crippen molar-refractivity contribution in [3.05, 3.63) is 52.2 Å². The van der Waals surface area contributed by atoms with E-state index in [1.807, 2.05) is 31.2 Å². The van der Waals surface area contributed by atoms with E-state index >= 15 is 0 Å². The van der Waals surface area contributed by atoms with Crippen molar-refractivity contribution in [3.8, 4) is 5.75 Å². The van der Waals surface area contributed by atoms with E-state index in [1.165, 1.54) is 5.56 Å². The molecule has 0 amide bonds. The number of hydrogen-bond acceptors (Lipinski definition) is 3. The molecule has 0 unspecified atom stereocenters. The van der Waals surface area contributed by atoms with Crippen LogP contribution in [0.4, 0.5) is 0 Å². The van der Waals surface area contributed by atoms with E-state index in [1.54, 1.807) is 11.3 Å². The van der Waals surface area contributed by atoms with Crippen LogP contribution in [0.2, 0.25) is 0 Å². The van der Waals surface area contributed by atoms with E-state index in [0.717, 1.165) is 11.3 Å². The van der Waals surface area contributed by atoms with Crippen molar-refractivity contribution in [1.29, 1.82) is 0 Å². The number of thiophene rings is 1. The molecule has 1 aromatic heterocycles. The molecule has 2 rings (SSSR count). The molecule has 0 radical (unpaired) electrons. The molecule has 0 aliphatic carbocycles. The molecule has 16 heavy (non-hydrogen) atoms.